The van der Waals surface area contributed by atoms with Crippen molar-refractivity contribution in [2.24, 2.45) is 5.92 Å². The molecule has 0 saturated heterocycles. The van der Waals surface area contributed by atoms with Crippen LogP contribution in [0.5, 0.6) is 0 Å². The molecule has 3 rings (SSSR count). The standard InChI is InChI=1S/C23H28ClNO2S/c1-18-4-3-5-23(16-18)28(26,27)17-19(2)10-13-25-14-11-21(12-15-25)20-6-8-22(24)9-7-20/h3-9,11,16,19H,10,12-15,17H2,1-2H3. The van der Waals surface area contributed by atoms with E-state index in [-0.39, 0.29) is 11.7 Å². The van der Waals surface area contributed by atoms with Crippen LogP contribution >= 0.6 is 11.6 Å². The van der Waals surface area contributed by atoms with Crippen LogP contribution in [-0.4, -0.2) is 38.7 Å². The summed E-state index contributed by atoms with van der Waals surface area (Å²) in [4.78, 5) is 2.84. The highest BCUT2D eigenvalue weighted by atomic mass is 35.5. The highest BCUT2D eigenvalue weighted by molar-refractivity contribution is 7.91. The predicted molar refractivity (Wildman–Crippen MR) is 117 cm³/mol. The normalized spacial score (nSPS) is 16.6. The average Bonchev–Trinajstić information content (AvgIpc) is 2.67. The highest BCUT2D eigenvalue weighted by Gasteiger charge is 2.20. The van der Waals surface area contributed by atoms with Crippen LogP contribution in [0.2, 0.25) is 5.02 Å². The largest absolute Gasteiger partial charge is 0.299 e. The zero-order valence-electron chi connectivity index (χ0n) is 16.6. The van der Waals surface area contributed by atoms with Gasteiger partial charge >= 0.3 is 0 Å². The third-order valence-corrected chi connectivity index (χ3v) is 7.53. The van der Waals surface area contributed by atoms with Gasteiger partial charge in [0.2, 0.25) is 0 Å². The Bertz CT molecular complexity index is 935. The summed E-state index contributed by atoms with van der Waals surface area (Å²) < 4.78 is 25.3. The van der Waals surface area contributed by atoms with Crippen molar-refractivity contribution in [1.29, 1.82) is 0 Å². The predicted octanol–water partition coefficient (Wildman–Crippen LogP) is 5.24. The molecule has 0 amide bonds. The molecule has 5 heteroatoms. The zero-order chi connectivity index (χ0) is 20.1. The van der Waals surface area contributed by atoms with Gasteiger partial charge in [0.1, 0.15) is 0 Å². The van der Waals surface area contributed by atoms with Crippen LogP contribution in [0, 0.1) is 12.8 Å². The number of rotatable bonds is 7. The van der Waals surface area contributed by atoms with Crippen molar-refractivity contribution in [3.63, 3.8) is 0 Å². The maximum absolute atomic E-state index is 12.6. The van der Waals surface area contributed by atoms with E-state index in [9.17, 15) is 8.42 Å². The van der Waals surface area contributed by atoms with E-state index in [4.69, 9.17) is 11.6 Å². The van der Waals surface area contributed by atoms with Gasteiger partial charge in [-0.3, -0.25) is 4.90 Å². The maximum Gasteiger partial charge on any atom is 0.178 e. The SMILES string of the molecule is Cc1cccc(S(=O)(=O)CC(C)CCN2CC=C(c3ccc(Cl)cc3)CC2)c1. The molecule has 0 spiro atoms. The summed E-state index contributed by atoms with van der Waals surface area (Å²) in [6, 6.07) is 15.2. The lowest BCUT2D eigenvalue weighted by Gasteiger charge is -2.27. The Balaban J connectivity index is 1.50. The van der Waals surface area contributed by atoms with Crippen LogP contribution < -0.4 is 0 Å². The van der Waals surface area contributed by atoms with Gasteiger partial charge in [-0.05, 0) is 73.2 Å². The summed E-state index contributed by atoms with van der Waals surface area (Å²) >= 11 is 5.97. The van der Waals surface area contributed by atoms with E-state index in [1.807, 2.05) is 38.1 Å². The quantitative estimate of drug-likeness (QED) is 0.618. The number of sulfone groups is 1. The summed E-state index contributed by atoms with van der Waals surface area (Å²) in [5.74, 6) is 0.336. The van der Waals surface area contributed by atoms with Gasteiger partial charge in [-0.1, -0.05) is 48.9 Å². The average molecular weight is 418 g/mol. The van der Waals surface area contributed by atoms with E-state index >= 15 is 0 Å². The fourth-order valence-corrected chi connectivity index (χ4v) is 5.49. The van der Waals surface area contributed by atoms with E-state index in [0.717, 1.165) is 43.1 Å². The van der Waals surface area contributed by atoms with Gasteiger partial charge in [0.15, 0.2) is 9.84 Å². The van der Waals surface area contributed by atoms with Gasteiger partial charge in [-0.15, -0.1) is 0 Å². The fraction of sp³-hybridized carbons (Fsp3) is 0.391. The minimum atomic E-state index is -3.22. The molecule has 0 aliphatic carbocycles. The Hall–Kier alpha value is -1.62. The van der Waals surface area contributed by atoms with Crippen molar-refractivity contribution in [2.45, 2.75) is 31.6 Å². The smallest absolute Gasteiger partial charge is 0.178 e. The van der Waals surface area contributed by atoms with E-state index < -0.39 is 9.84 Å². The van der Waals surface area contributed by atoms with Gasteiger partial charge in [0.25, 0.3) is 0 Å². The van der Waals surface area contributed by atoms with Crippen molar-refractivity contribution < 1.29 is 8.42 Å². The molecule has 0 fully saturated rings. The second-order valence-electron chi connectivity index (χ2n) is 7.78. The lowest BCUT2D eigenvalue weighted by molar-refractivity contribution is 0.282. The molecule has 2 aromatic carbocycles. The summed E-state index contributed by atoms with van der Waals surface area (Å²) in [5.41, 5.74) is 3.58. The summed E-state index contributed by atoms with van der Waals surface area (Å²) in [7, 11) is -3.22. The Labute approximate surface area is 173 Å². The second kappa shape index (κ2) is 9.25. The first-order valence-electron chi connectivity index (χ1n) is 9.80. The Morgan fingerprint density at radius 1 is 1.14 bits per heavy atom. The van der Waals surface area contributed by atoms with Crippen molar-refractivity contribution >= 4 is 27.0 Å². The summed E-state index contributed by atoms with van der Waals surface area (Å²) in [5, 5.41) is 0.761. The molecule has 1 aliphatic heterocycles. The van der Waals surface area contributed by atoms with Crippen molar-refractivity contribution in [3.8, 4) is 0 Å². The highest BCUT2D eigenvalue weighted by Crippen LogP contribution is 2.24. The van der Waals surface area contributed by atoms with Gasteiger partial charge in [0, 0.05) is 18.1 Å². The molecule has 0 saturated carbocycles. The molecule has 1 atom stereocenters. The number of aryl methyl sites for hydroxylation is 1. The Morgan fingerprint density at radius 3 is 2.54 bits per heavy atom. The molecular formula is C23H28ClNO2S. The van der Waals surface area contributed by atoms with Crippen LogP contribution in [0.3, 0.4) is 0 Å². The van der Waals surface area contributed by atoms with Crippen LogP contribution in [0.1, 0.15) is 30.9 Å². The third-order valence-electron chi connectivity index (χ3n) is 5.30. The third kappa shape index (κ3) is 5.69. The van der Waals surface area contributed by atoms with E-state index in [0.29, 0.717) is 4.90 Å². The summed E-state index contributed by atoms with van der Waals surface area (Å²) in [6.07, 6.45) is 4.17. The van der Waals surface area contributed by atoms with Crippen LogP contribution in [-0.2, 0) is 9.84 Å². The number of hydrogen-bond acceptors (Lipinski definition) is 3. The molecule has 1 unspecified atom stereocenters. The molecule has 150 valence electrons. The van der Waals surface area contributed by atoms with Crippen molar-refractivity contribution in [2.75, 3.05) is 25.4 Å². The molecule has 1 heterocycles. The van der Waals surface area contributed by atoms with Gasteiger partial charge in [-0.2, -0.15) is 0 Å². The van der Waals surface area contributed by atoms with E-state index in [2.05, 4.69) is 23.1 Å². The molecule has 2 aromatic rings. The second-order valence-corrected chi connectivity index (χ2v) is 10.2. The van der Waals surface area contributed by atoms with Crippen molar-refractivity contribution in [3.05, 3.63) is 70.8 Å². The number of halogens is 1. The maximum atomic E-state index is 12.6. The molecular weight excluding hydrogens is 390 g/mol. The fourth-order valence-electron chi connectivity index (χ4n) is 3.61. The first kappa shape index (κ1) is 21.1. The van der Waals surface area contributed by atoms with Crippen LogP contribution in [0.4, 0.5) is 0 Å². The van der Waals surface area contributed by atoms with Crippen LogP contribution in [0.15, 0.2) is 59.5 Å². The monoisotopic (exact) mass is 417 g/mol. The molecule has 0 aromatic heterocycles. The minimum Gasteiger partial charge on any atom is -0.299 e. The van der Waals surface area contributed by atoms with E-state index in [1.54, 1.807) is 12.1 Å². The number of hydrogen-bond donors (Lipinski definition) is 0. The Morgan fingerprint density at radius 2 is 1.89 bits per heavy atom. The first-order valence-corrected chi connectivity index (χ1v) is 11.8. The van der Waals surface area contributed by atoms with Gasteiger partial charge in [-0.25, -0.2) is 8.42 Å². The van der Waals surface area contributed by atoms with Gasteiger partial charge in [0.05, 0.1) is 10.6 Å². The molecule has 3 nitrogen and oxygen atoms in total. The van der Waals surface area contributed by atoms with Crippen LogP contribution in [0.25, 0.3) is 5.57 Å². The minimum absolute atomic E-state index is 0.132. The van der Waals surface area contributed by atoms with E-state index in [1.165, 1.54) is 11.1 Å². The summed E-state index contributed by atoms with van der Waals surface area (Å²) in [6.45, 7) is 6.80. The molecule has 0 radical (unpaired) electrons. The lowest BCUT2D eigenvalue weighted by Crippen LogP contribution is -2.31. The van der Waals surface area contributed by atoms with Crippen molar-refractivity contribution in [1.82, 2.24) is 4.90 Å². The number of benzene rings is 2. The lowest BCUT2D eigenvalue weighted by atomic mass is 9.99. The van der Waals surface area contributed by atoms with Gasteiger partial charge < -0.3 is 0 Å². The molecule has 28 heavy (non-hydrogen) atoms. The number of nitrogens with zero attached hydrogens (tertiary/aromatic N) is 1. The molecule has 1 aliphatic rings. The molecule has 0 N–H and O–H groups in total. The Kier molecular flexibility index (Phi) is 6.97. The topological polar surface area (TPSA) is 37.4 Å². The first-order chi connectivity index (χ1) is 13.3. The zero-order valence-corrected chi connectivity index (χ0v) is 18.1. The molecule has 0 bridgehead atoms.